The van der Waals surface area contributed by atoms with Gasteiger partial charge in [0, 0.05) is 0 Å². The first-order valence-electron chi connectivity index (χ1n) is 6.28. The molecule has 0 aliphatic carbocycles. The molecule has 0 rings (SSSR count). The minimum atomic E-state index is 0.284. The Morgan fingerprint density at radius 2 is 1.29 bits per heavy atom. The van der Waals surface area contributed by atoms with Crippen LogP contribution in [0, 0.1) is 5.92 Å². The smallest absolute Gasteiger partial charge is 0.0238 e. The molecule has 0 aromatic rings. The highest BCUT2D eigenvalue weighted by atomic mass is 31.1. The molecule has 0 aliphatic heterocycles. The van der Waals surface area contributed by atoms with E-state index in [1.165, 1.54) is 25.4 Å². The Morgan fingerprint density at radius 1 is 0.857 bits per heavy atom. The lowest BCUT2D eigenvalue weighted by Crippen LogP contribution is -2.12. The van der Waals surface area contributed by atoms with Gasteiger partial charge in [-0.1, -0.05) is 41.5 Å². The third-order valence-corrected chi connectivity index (χ3v) is 7.05. The van der Waals surface area contributed by atoms with E-state index in [2.05, 4.69) is 41.5 Å². The molecule has 0 saturated carbocycles. The van der Waals surface area contributed by atoms with Crippen molar-refractivity contribution in [3.63, 3.8) is 0 Å². The van der Waals surface area contributed by atoms with E-state index in [-0.39, 0.29) is 7.92 Å². The van der Waals surface area contributed by atoms with Gasteiger partial charge in [-0.15, -0.1) is 7.92 Å². The van der Waals surface area contributed by atoms with Crippen LogP contribution in [0.5, 0.6) is 0 Å². The van der Waals surface area contributed by atoms with Crippen LogP contribution in [0.25, 0.3) is 0 Å². The summed E-state index contributed by atoms with van der Waals surface area (Å²) in [5.41, 5.74) is 1.94. The molecule has 0 amide bonds. The van der Waals surface area contributed by atoms with Gasteiger partial charge < -0.3 is 0 Å². The van der Waals surface area contributed by atoms with E-state index in [0.717, 1.165) is 17.2 Å². The maximum absolute atomic E-state index is 2.46. The van der Waals surface area contributed by atoms with Crippen LogP contribution in [0.3, 0.4) is 0 Å². The maximum atomic E-state index is 2.46. The molecule has 0 spiro atoms. The van der Waals surface area contributed by atoms with Crippen molar-refractivity contribution in [1.82, 2.24) is 0 Å². The predicted octanol–water partition coefficient (Wildman–Crippen LogP) is 5.11. The Labute approximate surface area is 92.6 Å². The Balaban J connectivity index is 4.10. The average molecular weight is 216 g/mol. The van der Waals surface area contributed by atoms with Crippen LogP contribution >= 0.6 is 7.92 Å². The minimum absolute atomic E-state index is 0.284. The van der Waals surface area contributed by atoms with Crippen LogP contribution in [0.15, 0.2) is 0 Å². The molecular formula is C13H29P. The Kier molecular flexibility index (Phi) is 7.92. The van der Waals surface area contributed by atoms with Crippen LogP contribution in [-0.4, -0.2) is 17.5 Å². The number of hydrogen-bond donors (Lipinski definition) is 0. The molecule has 0 bridgehead atoms. The van der Waals surface area contributed by atoms with Gasteiger partial charge in [-0.2, -0.15) is 0 Å². The maximum Gasteiger partial charge on any atom is -0.0238 e. The molecule has 0 radical (unpaired) electrons. The van der Waals surface area contributed by atoms with Gasteiger partial charge in [-0.3, -0.25) is 0 Å². The van der Waals surface area contributed by atoms with Crippen molar-refractivity contribution >= 4 is 7.92 Å². The fourth-order valence-corrected chi connectivity index (χ4v) is 5.25. The second-order valence-corrected chi connectivity index (χ2v) is 8.17. The average Bonchev–Trinajstić information content (AvgIpc) is 2.16. The lowest BCUT2D eigenvalue weighted by Gasteiger charge is -2.30. The van der Waals surface area contributed by atoms with Crippen molar-refractivity contribution in [2.24, 2.45) is 5.92 Å². The molecule has 0 fully saturated rings. The zero-order valence-corrected chi connectivity index (χ0v) is 11.9. The normalized spacial score (nSPS) is 18.2. The number of rotatable bonds is 7. The summed E-state index contributed by atoms with van der Waals surface area (Å²) in [5.74, 6) is 0.883. The zero-order valence-electron chi connectivity index (χ0n) is 11.0. The molecule has 2 atom stereocenters. The van der Waals surface area contributed by atoms with Gasteiger partial charge in [-0.05, 0) is 42.7 Å². The summed E-state index contributed by atoms with van der Waals surface area (Å²) in [6.07, 6.45) is 5.67. The predicted molar refractivity (Wildman–Crippen MR) is 70.7 cm³/mol. The van der Waals surface area contributed by atoms with Crippen molar-refractivity contribution in [3.8, 4) is 0 Å². The summed E-state index contributed by atoms with van der Waals surface area (Å²) in [7, 11) is 0.284. The largest absolute Gasteiger partial charge is 0.101 e. The van der Waals surface area contributed by atoms with E-state index in [9.17, 15) is 0 Å². The van der Waals surface area contributed by atoms with Crippen molar-refractivity contribution in [2.45, 2.75) is 72.1 Å². The van der Waals surface area contributed by atoms with Gasteiger partial charge in [0.25, 0.3) is 0 Å². The summed E-state index contributed by atoms with van der Waals surface area (Å²) in [5, 5.41) is 0. The summed E-state index contributed by atoms with van der Waals surface area (Å²) in [4.78, 5) is 0. The van der Waals surface area contributed by atoms with Gasteiger partial charge >= 0.3 is 0 Å². The monoisotopic (exact) mass is 216 g/mol. The molecule has 0 heterocycles. The van der Waals surface area contributed by atoms with E-state index >= 15 is 0 Å². The van der Waals surface area contributed by atoms with Crippen molar-refractivity contribution in [2.75, 3.05) is 6.16 Å². The first kappa shape index (κ1) is 14.4. The molecule has 0 N–H and O–H groups in total. The molecule has 0 aliphatic rings. The Bertz CT molecular complexity index is 121. The second-order valence-electron chi connectivity index (χ2n) is 4.93. The third-order valence-electron chi connectivity index (χ3n) is 3.28. The highest BCUT2D eigenvalue weighted by Gasteiger charge is 2.20. The molecule has 86 valence electrons. The summed E-state index contributed by atoms with van der Waals surface area (Å²) < 4.78 is 0. The first-order chi connectivity index (χ1) is 6.52. The number of hydrogen-bond acceptors (Lipinski definition) is 0. The fraction of sp³-hybridized carbons (Fsp3) is 1.00. The molecule has 2 unspecified atom stereocenters. The van der Waals surface area contributed by atoms with Gasteiger partial charge in [0.1, 0.15) is 0 Å². The van der Waals surface area contributed by atoms with Crippen LogP contribution in [0.1, 0.15) is 60.8 Å². The van der Waals surface area contributed by atoms with Gasteiger partial charge in [-0.25, -0.2) is 0 Å². The van der Waals surface area contributed by atoms with Crippen LogP contribution < -0.4 is 0 Å². The zero-order chi connectivity index (χ0) is 11.1. The molecule has 0 nitrogen and oxygen atoms in total. The van der Waals surface area contributed by atoms with Gasteiger partial charge in [0.2, 0.25) is 0 Å². The van der Waals surface area contributed by atoms with Crippen LogP contribution in [0.4, 0.5) is 0 Å². The molecule has 1 heteroatoms. The van der Waals surface area contributed by atoms with Gasteiger partial charge in [0.15, 0.2) is 0 Å². The summed E-state index contributed by atoms with van der Waals surface area (Å²) in [6, 6.07) is 0. The molecule has 0 aromatic carbocycles. The van der Waals surface area contributed by atoms with Crippen molar-refractivity contribution in [1.29, 1.82) is 0 Å². The SMILES string of the molecule is CCC(C)P(CCC(C)C)C(C)CC. The quantitative estimate of drug-likeness (QED) is 0.519. The molecule has 0 saturated heterocycles. The minimum Gasteiger partial charge on any atom is -0.101 e. The van der Waals surface area contributed by atoms with E-state index in [0.29, 0.717) is 0 Å². The van der Waals surface area contributed by atoms with E-state index in [1.54, 1.807) is 0 Å². The highest BCUT2D eigenvalue weighted by Crippen LogP contribution is 2.49. The van der Waals surface area contributed by atoms with Crippen molar-refractivity contribution in [3.05, 3.63) is 0 Å². The van der Waals surface area contributed by atoms with E-state index in [4.69, 9.17) is 0 Å². The van der Waals surface area contributed by atoms with E-state index in [1.807, 2.05) is 0 Å². The van der Waals surface area contributed by atoms with Crippen molar-refractivity contribution < 1.29 is 0 Å². The topological polar surface area (TPSA) is 0 Å². The van der Waals surface area contributed by atoms with Gasteiger partial charge in [0.05, 0.1) is 0 Å². The highest BCUT2D eigenvalue weighted by molar-refractivity contribution is 7.59. The summed E-state index contributed by atoms with van der Waals surface area (Å²) in [6.45, 7) is 14.3. The first-order valence-corrected chi connectivity index (χ1v) is 7.95. The lowest BCUT2D eigenvalue weighted by molar-refractivity contribution is 0.625. The standard InChI is InChI=1S/C13H29P/c1-7-12(5)14(13(6)8-2)10-9-11(3)4/h11-13H,7-10H2,1-6H3. The van der Waals surface area contributed by atoms with E-state index < -0.39 is 0 Å². The Morgan fingerprint density at radius 3 is 1.57 bits per heavy atom. The fourth-order valence-electron chi connectivity index (χ4n) is 1.75. The Hall–Kier alpha value is 0.430. The lowest BCUT2D eigenvalue weighted by atomic mass is 10.2. The molecular weight excluding hydrogens is 187 g/mol. The summed E-state index contributed by atoms with van der Waals surface area (Å²) >= 11 is 0. The molecule has 14 heavy (non-hydrogen) atoms. The van der Waals surface area contributed by atoms with Crippen LogP contribution in [0.2, 0.25) is 0 Å². The second kappa shape index (κ2) is 7.69. The third kappa shape index (κ3) is 5.35. The molecule has 0 aromatic heterocycles. The van der Waals surface area contributed by atoms with Crippen LogP contribution in [-0.2, 0) is 0 Å².